The van der Waals surface area contributed by atoms with Crippen molar-refractivity contribution in [3.05, 3.63) is 44.5 Å². The summed E-state index contributed by atoms with van der Waals surface area (Å²) >= 11 is 4.81. The van der Waals surface area contributed by atoms with Gasteiger partial charge in [0.15, 0.2) is 5.16 Å². The molecule has 2 aromatic rings. The van der Waals surface area contributed by atoms with Crippen molar-refractivity contribution in [3.8, 4) is 0 Å². The molecule has 19 heavy (non-hydrogen) atoms. The summed E-state index contributed by atoms with van der Waals surface area (Å²) in [6, 6.07) is 4.90. The summed E-state index contributed by atoms with van der Waals surface area (Å²) in [6.07, 6.45) is 2.07. The lowest BCUT2D eigenvalue weighted by atomic mass is 10.2. The van der Waals surface area contributed by atoms with Gasteiger partial charge in [-0.05, 0) is 30.5 Å². The van der Waals surface area contributed by atoms with Crippen molar-refractivity contribution in [2.24, 2.45) is 0 Å². The minimum atomic E-state index is -0.268. The van der Waals surface area contributed by atoms with Gasteiger partial charge < -0.3 is 0 Å². The Morgan fingerprint density at radius 2 is 2.32 bits per heavy atom. The molecule has 1 fully saturated rings. The average Bonchev–Trinajstić information content (AvgIpc) is 3.13. The Labute approximate surface area is 121 Å². The lowest BCUT2D eigenvalue weighted by molar-refractivity contribution is 0.626. The Balaban J connectivity index is 1.77. The van der Waals surface area contributed by atoms with E-state index in [4.69, 9.17) is 0 Å². The monoisotopic (exact) mass is 343 g/mol. The molecule has 1 heterocycles. The van der Waals surface area contributed by atoms with Gasteiger partial charge in [0.05, 0.1) is 0 Å². The summed E-state index contributed by atoms with van der Waals surface area (Å²) in [6.45, 7) is 0. The van der Waals surface area contributed by atoms with E-state index in [0.29, 0.717) is 17.0 Å². The molecule has 1 aromatic heterocycles. The largest absolute Gasteiger partial charge is 0.344 e. The zero-order valence-corrected chi connectivity index (χ0v) is 12.3. The lowest BCUT2D eigenvalue weighted by Gasteiger charge is -2.05. The highest BCUT2D eigenvalue weighted by atomic mass is 79.9. The first-order chi connectivity index (χ1) is 9.15. The van der Waals surface area contributed by atoms with Crippen molar-refractivity contribution in [2.45, 2.75) is 29.8 Å². The van der Waals surface area contributed by atoms with Crippen LogP contribution >= 0.6 is 27.7 Å². The minimum absolute atomic E-state index is 0.150. The number of hydrogen-bond donors (Lipinski definition) is 1. The Kier molecular flexibility index (Phi) is 3.49. The van der Waals surface area contributed by atoms with Crippen LogP contribution in [0.1, 0.15) is 24.4 Å². The van der Waals surface area contributed by atoms with Gasteiger partial charge in [0.1, 0.15) is 5.82 Å². The molecule has 7 heteroatoms. The van der Waals surface area contributed by atoms with Crippen molar-refractivity contribution in [3.63, 3.8) is 0 Å². The first-order valence-electron chi connectivity index (χ1n) is 5.89. The van der Waals surface area contributed by atoms with Crippen LogP contribution in [0.5, 0.6) is 0 Å². The molecule has 0 radical (unpaired) electrons. The first-order valence-corrected chi connectivity index (χ1v) is 7.66. The van der Waals surface area contributed by atoms with E-state index in [1.54, 1.807) is 10.6 Å². The summed E-state index contributed by atoms with van der Waals surface area (Å²) in [4.78, 5) is 11.6. The molecule has 3 rings (SSSR count). The highest BCUT2D eigenvalue weighted by molar-refractivity contribution is 9.10. The zero-order chi connectivity index (χ0) is 13.4. The molecule has 0 bridgehead atoms. The zero-order valence-electron chi connectivity index (χ0n) is 9.90. The van der Waals surface area contributed by atoms with Gasteiger partial charge in [0, 0.05) is 16.3 Å². The number of hydrogen-bond acceptors (Lipinski definition) is 3. The fourth-order valence-electron chi connectivity index (χ4n) is 1.83. The molecule has 0 unspecified atom stereocenters. The van der Waals surface area contributed by atoms with Crippen molar-refractivity contribution >= 4 is 27.7 Å². The van der Waals surface area contributed by atoms with Gasteiger partial charge in [0.25, 0.3) is 0 Å². The molecule has 1 aliphatic rings. The van der Waals surface area contributed by atoms with Crippen molar-refractivity contribution in [1.29, 1.82) is 0 Å². The SMILES string of the molecule is O=c1[nH]nc(SCc2ccc(F)cc2Br)n1C1CC1. The van der Waals surface area contributed by atoms with E-state index in [-0.39, 0.29) is 11.5 Å². The molecule has 0 saturated heterocycles. The van der Waals surface area contributed by atoms with Gasteiger partial charge in [-0.1, -0.05) is 33.8 Å². The minimum Gasteiger partial charge on any atom is -0.267 e. The van der Waals surface area contributed by atoms with Gasteiger partial charge in [0.2, 0.25) is 0 Å². The van der Waals surface area contributed by atoms with Gasteiger partial charge >= 0.3 is 5.69 Å². The molecule has 0 spiro atoms. The number of H-pyrrole nitrogens is 1. The number of nitrogens with zero attached hydrogens (tertiary/aromatic N) is 2. The fraction of sp³-hybridized carbons (Fsp3) is 0.333. The summed E-state index contributed by atoms with van der Waals surface area (Å²) in [5.41, 5.74) is 0.826. The number of rotatable bonds is 4. The second-order valence-electron chi connectivity index (χ2n) is 4.44. The second-order valence-corrected chi connectivity index (χ2v) is 6.23. The van der Waals surface area contributed by atoms with Crippen LogP contribution in [0.3, 0.4) is 0 Å². The van der Waals surface area contributed by atoms with Gasteiger partial charge in [-0.25, -0.2) is 14.3 Å². The van der Waals surface area contributed by atoms with Gasteiger partial charge in [-0.2, -0.15) is 0 Å². The van der Waals surface area contributed by atoms with Crippen LogP contribution in [-0.2, 0) is 5.75 Å². The van der Waals surface area contributed by atoms with Crippen LogP contribution in [0.4, 0.5) is 4.39 Å². The smallest absolute Gasteiger partial charge is 0.267 e. The van der Waals surface area contributed by atoms with E-state index in [2.05, 4.69) is 26.1 Å². The number of benzene rings is 1. The topological polar surface area (TPSA) is 50.7 Å². The third kappa shape index (κ3) is 2.76. The third-order valence-electron chi connectivity index (χ3n) is 2.96. The van der Waals surface area contributed by atoms with E-state index in [1.807, 2.05) is 0 Å². The number of nitrogens with one attached hydrogen (secondary N) is 1. The maximum absolute atomic E-state index is 13.0. The maximum Gasteiger partial charge on any atom is 0.344 e. The Hall–Kier alpha value is -1.08. The molecular formula is C12H11BrFN3OS. The molecule has 0 aliphatic heterocycles. The molecule has 1 N–H and O–H groups in total. The van der Waals surface area contributed by atoms with E-state index in [1.165, 1.54) is 23.9 Å². The van der Waals surface area contributed by atoms with Crippen molar-refractivity contribution < 1.29 is 4.39 Å². The molecule has 1 saturated carbocycles. The van der Waals surface area contributed by atoms with Crippen LogP contribution in [-0.4, -0.2) is 14.8 Å². The van der Waals surface area contributed by atoms with Crippen LogP contribution < -0.4 is 5.69 Å². The number of halogens is 2. The Morgan fingerprint density at radius 1 is 1.53 bits per heavy atom. The molecule has 0 atom stereocenters. The van der Waals surface area contributed by atoms with E-state index in [9.17, 15) is 9.18 Å². The lowest BCUT2D eigenvalue weighted by Crippen LogP contribution is -2.16. The molecule has 4 nitrogen and oxygen atoms in total. The van der Waals surface area contributed by atoms with Crippen LogP contribution in [0.2, 0.25) is 0 Å². The van der Waals surface area contributed by atoms with Crippen LogP contribution in [0, 0.1) is 5.82 Å². The Bertz CT molecular complexity index is 665. The molecule has 100 valence electrons. The fourth-order valence-corrected chi connectivity index (χ4v) is 3.52. The molecule has 0 amide bonds. The summed E-state index contributed by atoms with van der Waals surface area (Å²) in [5, 5.41) is 7.22. The van der Waals surface area contributed by atoms with Gasteiger partial charge in [-0.15, -0.1) is 5.10 Å². The van der Waals surface area contributed by atoms with Crippen molar-refractivity contribution in [1.82, 2.24) is 14.8 Å². The average molecular weight is 344 g/mol. The summed E-state index contributed by atoms with van der Waals surface area (Å²) < 4.78 is 15.4. The number of aromatic nitrogens is 3. The predicted molar refractivity (Wildman–Crippen MR) is 74.8 cm³/mol. The van der Waals surface area contributed by atoms with Crippen LogP contribution in [0.25, 0.3) is 0 Å². The van der Waals surface area contributed by atoms with E-state index < -0.39 is 0 Å². The van der Waals surface area contributed by atoms with Crippen molar-refractivity contribution in [2.75, 3.05) is 0 Å². The number of aromatic amines is 1. The molecular weight excluding hydrogens is 333 g/mol. The summed E-state index contributed by atoms with van der Waals surface area (Å²) in [5.74, 6) is 0.369. The number of thioether (sulfide) groups is 1. The van der Waals surface area contributed by atoms with Crippen LogP contribution in [0.15, 0.2) is 32.6 Å². The Morgan fingerprint density at radius 3 is 3.00 bits per heavy atom. The van der Waals surface area contributed by atoms with E-state index in [0.717, 1.165) is 22.9 Å². The molecule has 1 aromatic carbocycles. The summed E-state index contributed by atoms with van der Waals surface area (Å²) in [7, 11) is 0. The standard InChI is InChI=1S/C12H11BrFN3OS/c13-10-5-8(14)2-1-7(10)6-19-12-16-15-11(18)17(12)9-3-4-9/h1-2,5,9H,3-4,6H2,(H,15,18). The predicted octanol–water partition coefficient (Wildman–Crippen LogP) is 3.10. The third-order valence-corrected chi connectivity index (χ3v) is 4.70. The molecule has 1 aliphatic carbocycles. The second kappa shape index (κ2) is 5.13. The normalized spacial score (nSPS) is 14.8. The highest BCUT2D eigenvalue weighted by Gasteiger charge is 2.28. The maximum atomic E-state index is 13.0. The highest BCUT2D eigenvalue weighted by Crippen LogP contribution is 2.36. The quantitative estimate of drug-likeness (QED) is 0.868. The van der Waals surface area contributed by atoms with Gasteiger partial charge in [-0.3, -0.25) is 4.57 Å². The first kappa shape index (κ1) is 12.9. The van der Waals surface area contributed by atoms with E-state index >= 15 is 0 Å².